The van der Waals surface area contributed by atoms with Crippen LogP contribution in [0, 0.1) is 11.3 Å². The number of hydrogen-bond donors (Lipinski definition) is 1. The maximum Gasteiger partial charge on any atom is 0.222 e. The zero-order valence-corrected chi connectivity index (χ0v) is 14.7. The van der Waals surface area contributed by atoms with Crippen molar-refractivity contribution in [2.45, 2.75) is 85.1 Å². The Morgan fingerprint density at radius 3 is 2.57 bits per heavy atom. The molecule has 1 amide bonds. The van der Waals surface area contributed by atoms with Gasteiger partial charge in [-0.1, -0.05) is 34.1 Å². The normalized spacial score (nSPS) is 21.4. The number of rotatable bonds is 7. The lowest BCUT2D eigenvalue weighted by Crippen LogP contribution is -2.43. The van der Waals surface area contributed by atoms with Gasteiger partial charge in [-0.05, 0) is 56.4 Å². The SMILES string of the molecule is CCCC1CCCCN1C(=O)CCC(CCN)C(C)(C)C. The van der Waals surface area contributed by atoms with Crippen molar-refractivity contribution in [3.05, 3.63) is 0 Å². The van der Waals surface area contributed by atoms with E-state index in [0.717, 1.165) is 32.4 Å². The van der Waals surface area contributed by atoms with E-state index in [2.05, 4.69) is 32.6 Å². The summed E-state index contributed by atoms with van der Waals surface area (Å²) in [6.07, 6.45) is 8.70. The van der Waals surface area contributed by atoms with Crippen LogP contribution in [0.2, 0.25) is 0 Å². The van der Waals surface area contributed by atoms with Crippen molar-refractivity contribution in [2.24, 2.45) is 17.1 Å². The molecular formula is C18H36N2O. The van der Waals surface area contributed by atoms with Crippen molar-refractivity contribution in [3.63, 3.8) is 0 Å². The van der Waals surface area contributed by atoms with Crippen LogP contribution in [-0.4, -0.2) is 29.9 Å². The summed E-state index contributed by atoms with van der Waals surface area (Å²) in [5.74, 6) is 0.917. The molecular weight excluding hydrogens is 260 g/mol. The molecule has 3 heteroatoms. The molecule has 0 saturated carbocycles. The molecule has 1 rings (SSSR count). The van der Waals surface area contributed by atoms with Gasteiger partial charge in [0.25, 0.3) is 0 Å². The van der Waals surface area contributed by atoms with Gasteiger partial charge < -0.3 is 10.6 Å². The molecule has 2 atom stereocenters. The van der Waals surface area contributed by atoms with Gasteiger partial charge >= 0.3 is 0 Å². The number of nitrogens with two attached hydrogens (primary N) is 1. The number of likely N-dealkylation sites (tertiary alicyclic amines) is 1. The fourth-order valence-corrected chi connectivity index (χ4v) is 3.62. The van der Waals surface area contributed by atoms with Crippen LogP contribution in [0.25, 0.3) is 0 Å². The van der Waals surface area contributed by atoms with Gasteiger partial charge in [0, 0.05) is 19.0 Å². The molecule has 0 aromatic carbocycles. The Morgan fingerprint density at radius 2 is 2.00 bits per heavy atom. The highest BCUT2D eigenvalue weighted by atomic mass is 16.2. The molecule has 0 aromatic rings. The minimum atomic E-state index is 0.240. The maximum atomic E-state index is 12.6. The second kappa shape index (κ2) is 8.77. The van der Waals surface area contributed by atoms with E-state index in [9.17, 15) is 4.79 Å². The second-order valence-corrected chi connectivity index (χ2v) is 7.70. The summed E-state index contributed by atoms with van der Waals surface area (Å²) in [5, 5.41) is 0. The highest BCUT2D eigenvalue weighted by Gasteiger charge is 2.28. The Kier molecular flexibility index (Phi) is 7.72. The van der Waals surface area contributed by atoms with E-state index in [1.165, 1.54) is 25.7 Å². The van der Waals surface area contributed by atoms with E-state index < -0.39 is 0 Å². The van der Waals surface area contributed by atoms with Crippen molar-refractivity contribution in [1.29, 1.82) is 0 Å². The molecule has 1 heterocycles. The standard InChI is InChI=1S/C18H36N2O/c1-5-8-16-9-6-7-14-20(16)17(21)11-10-15(12-13-19)18(2,3)4/h15-16H,5-14,19H2,1-4H3. The first-order chi connectivity index (χ1) is 9.90. The third-order valence-corrected chi connectivity index (χ3v) is 5.02. The van der Waals surface area contributed by atoms with Gasteiger partial charge in [-0.25, -0.2) is 0 Å². The van der Waals surface area contributed by atoms with Crippen LogP contribution in [0.3, 0.4) is 0 Å². The summed E-state index contributed by atoms with van der Waals surface area (Å²) in [6.45, 7) is 10.7. The average molecular weight is 296 g/mol. The largest absolute Gasteiger partial charge is 0.340 e. The molecule has 1 saturated heterocycles. The Balaban J connectivity index is 2.53. The van der Waals surface area contributed by atoms with Crippen LogP contribution < -0.4 is 5.73 Å². The predicted molar refractivity (Wildman–Crippen MR) is 90.1 cm³/mol. The monoisotopic (exact) mass is 296 g/mol. The van der Waals surface area contributed by atoms with Crippen LogP contribution in [0.4, 0.5) is 0 Å². The molecule has 0 spiro atoms. The maximum absolute atomic E-state index is 12.6. The van der Waals surface area contributed by atoms with Crippen LogP contribution in [0.15, 0.2) is 0 Å². The first-order valence-electron chi connectivity index (χ1n) is 8.89. The van der Waals surface area contributed by atoms with Crippen LogP contribution in [-0.2, 0) is 4.79 Å². The van der Waals surface area contributed by atoms with Gasteiger partial charge in [0.2, 0.25) is 5.91 Å². The smallest absolute Gasteiger partial charge is 0.222 e. The van der Waals surface area contributed by atoms with Crippen molar-refractivity contribution in [2.75, 3.05) is 13.1 Å². The molecule has 0 bridgehead atoms. The van der Waals surface area contributed by atoms with Gasteiger partial charge in [-0.15, -0.1) is 0 Å². The number of carbonyl (C=O) groups excluding carboxylic acids is 1. The summed E-state index contributed by atoms with van der Waals surface area (Å²) in [5.41, 5.74) is 5.98. The van der Waals surface area contributed by atoms with E-state index >= 15 is 0 Å². The van der Waals surface area contributed by atoms with Gasteiger partial charge in [0.15, 0.2) is 0 Å². The Bertz CT molecular complexity index is 307. The van der Waals surface area contributed by atoms with E-state index in [1.54, 1.807) is 0 Å². The summed E-state index contributed by atoms with van der Waals surface area (Å²) in [4.78, 5) is 14.8. The Morgan fingerprint density at radius 1 is 1.29 bits per heavy atom. The topological polar surface area (TPSA) is 46.3 Å². The molecule has 2 N–H and O–H groups in total. The number of carbonyl (C=O) groups is 1. The van der Waals surface area contributed by atoms with Crippen LogP contribution in [0.1, 0.15) is 79.1 Å². The molecule has 1 aliphatic heterocycles. The van der Waals surface area contributed by atoms with Crippen molar-refractivity contribution in [1.82, 2.24) is 4.90 Å². The van der Waals surface area contributed by atoms with Crippen LogP contribution in [0.5, 0.6) is 0 Å². The fraction of sp³-hybridized carbons (Fsp3) is 0.944. The Labute approximate surface area is 131 Å². The minimum absolute atomic E-state index is 0.240. The zero-order chi connectivity index (χ0) is 15.9. The summed E-state index contributed by atoms with van der Waals surface area (Å²) >= 11 is 0. The lowest BCUT2D eigenvalue weighted by atomic mass is 9.76. The second-order valence-electron chi connectivity index (χ2n) is 7.70. The molecule has 1 aliphatic rings. The van der Waals surface area contributed by atoms with E-state index in [1.807, 2.05) is 0 Å². The van der Waals surface area contributed by atoms with Gasteiger partial charge in [-0.2, -0.15) is 0 Å². The average Bonchev–Trinajstić information content (AvgIpc) is 2.43. The van der Waals surface area contributed by atoms with Gasteiger partial charge in [0.05, 0.1) is 0 Å². The number of amides is 1. The molecule has 124 valence electrons. The zero-order valence-electron chi connectivity index (χ0n) is 14.7. The quantitative estimate of drug-likeness (QED) is 0.773. The van der Waals surface area contributed by atoms with Crippen LogP contribution >= 0.6 is 0 Å². The van der Waals surface area contributed by atoms with Gasteiger partial charge in [0.1, 0.15) is 0 Å². The summed E-state index contributed by atoms with van der Waals surface area (Å²) < 4.78 is 0. The van der Waals surface area contributed by atoms with E-state index in [-0.39, 0.29) is 5.41 Å². The highest BCUT2D eigenvalue weighted by molar-refractivity contribution is 5.76. The summed E-state index contributed by atoms with van der Waals surface area (Å²) in [7, 11) is 0. The van der Waals surface area contributed by atoms with Crippen molar-refractivity contribution in [3.8, 4) is 0 Å². The minimum Gasteiger partial charge on any atom is -0.340 e. The highest BCUT2D eigenvalue weighted by Crippen LogP contribution is 2.32. The van der Waals surface area contributed by atoms with E-state index in [0.29, 0.717) is 24.3 Å². The molecule has 0 aliphatic carbocycles. The fourth-order valence-electron chi connectivity index (χ4n) is 3.62. The predicted octanol–water partition coefficient (Wildman–Crippen LogP) is 3.96. The first-order valence-corrected chi connectivity index (χ1v) is 8.89. The van der Waals surface area contributed by atoms with Crippen molar-refractivity contribution < 1.29 is 4.79 Å². The lowest BCUT2D eigenvalue weighted by molar-refractivity contribution is -0.135. The molecule has 21 heavy (non-hydrogen) atoms. The van der Waals surface area contributed by atoms with Crippen molar-refractivity contribution >= 4 is 5.91 Å². The van der Waals surface area contributed by atoms with E-state index in [4.69, 9.17) is 5.73 Å². The lowest BCUT2D eigenvalue weighted by Gasteiger charge is -2.37. The van der Waals surface area contributed by atoms with Gasteiger partial charge in [-0.3, -0.25) is 4.79 Å². The molecule has 2 unspecified atom stereocenters. The third-order valence-electron chi connectivity index (χ3n) is 5.02. The first kappa shape index (κ1) is 18.5. The Hall–Kier alpha value is -0.570. The molecule has 0 radical (unpaired) electrons. The molecule has 0 aromatic heterocycles. The number of nitrogens with zero attached hydrogens (tertiary/aromatic N) is 1. The molecule has 3 nitrogen and oxygen atoms in total. The third kappa shape index (κ3) is 5.98. The number of hydrogen-bond acceptors (Lipinski definition) is 2. The number of piperidine rings is 1. The summed E-state index contributed by atoms with van der Waals surface area (Å²) in [6, 6.07) is 0.499. The molecule has 1 fully saturated rings.